The highest BCUT2D eigenvalue weighted by Gasteiger charge is 2.33. The van der Waals surface area contributed by atoms with E-state index >= 15 is 0 Å². The highest BCUT2D eigenvalue weighted by atomic mass is 15.4. The molecule has 7 rings (SSSR count). The first-order chi connectivity index (χ1) is 21.1. The first-order valence-corrected chi connectivity index (χ1v) is 15.7. The fraction of sp³-hybridized carbons (Fsp3) is 0.250. The second-order valence-electron chi connectivity index (χ2n) is 12.9. The molecule has 0 saturated carbocycles. The van der Waals surface area contributed by atoms with Gasteiger partial charge in [0.05, 0.1) is 22.7 Å². The summed E-state index contributed by atoms with van der Waals surface area (Å²) in [6, 6.07) is 31.8. The molecule has 0 fully saturated rings. The van der Waals surface area contributed by atoms with Crippen LogP contribution >= 0.6 is 0 Å². The predicted molar refractivity (Wildman–Crippen MR) is 188 cm³/mol. The van der Waals surface area contributed by atoms with Gasteiger partial charge in [-0.25, -0.2) is 0 Å². The topological polar surface area (TPSA) is 13.0 Å². The molecule has 5 aromatic rings. The monoisotopic (exact) mass is 578 g/mol. The lowest BCUT2D eigenvalue weighted by Crippen LogP contribution is -2.26. The molecule has 0 aliphatic carbocycles. The quantitative estimate of drug-likeness (QED) is 0.210. The van der Waals surface area contributed by atoms with Crippen LogP contribution in [0.2, 0.25) is 0 Å². The number of hydrogen-bond donors (Lipinski definition) is 0. The fourth-order valence-electron chi connectivity index (χ4n) is 7.58. The molecule has 44 heavy (non-hydrogen) atoms. The van der Waals surface area contributed by atoms with Crippen molar-refractivity contribution in [1.82, 2.24) is 0 Å². The van der Waals surface area contributed by atoms with Crippen molar-refractivity contribution in [1.29, 1.82) is 0 Å². The summed E-state index contributed by atoms with van der Waals surface area (Å²) < 4.78 is 0. The Kier molecular flexibility index (Phi) is 6.69. The molecular formula is C40H42N4. The zero-order chi connectivity index (χ0) is 30.9. The second kappa shape index (κ2) is 10.5. The molecule has 0 atom stereocenters. The maximum absolute atomic E-state index is 2.51. The number of benzene rings is 5. The zero-order valence-corrected chi connectivity index (χ0v) is 27.3. The van der Waals surface area contributed by atoms with Gasteiger partial charge in [0.15, 0.2) is 0 Å². The van der Waals surface area contributed by atoms with Crippen LogP contribution < -0.4 is 19.6 Å². The number of fused-ring (bicyclic) bond motifs is 2. The van der Waals surface area contributed by atoms with Crippen LogP contribution in [-0.2, 0) is 0 Å². The Morgan fingerprint density at radius 1 is 0.364 bits per heavy atom. The maximum atomic E-state index is 2.51. The Labute approximate surface area is 262 Å². The summed E-state index contributed by atoms with van der Waals surface area (Å²) in [5.41, 5.74) is 20.6. The molecule has 2 aliphatic rings. The number of para-hydroxylation sites is 2. The Morgan fingerprint density at radius 2 is 0.750 bits per heavy atom. The third kappa shape index (κ3) is 4.52. The third-order valence-corrected chi connectivity index (χ3v) is 9.47. The molecule has 0 unspecified atom stereocenters. The lowest BCUT2D eigenvalue weighted by molar-refractivity contribution is 0.967. The first-order valence-electron chi connectivity index (χ1n) is 15.7. The fourth-order valence-corrected chi connectivity index (χ4v) is 7.58. The average molecular weight is 579 g/mol. The molecule has 4 nitrogen and oxygen atoms in total. The van der Waals surface area contributed by atoms with E-state index in [0.717, 1.165) is 13.3 Å². The van der Waals surface area contributed by atoms with E-state index in [-0.39, 0.29) is 0 Å². The zero-order valence-electron chi connectivity index (χ0n) is 27.3. The van der Waals surface area contributed by atoms with Gasteiger partial charge in [0.2, 0.25) is 0 Å². The van der Waals surface area contributed by atoms with Gasteiger partial charge in [-0.3, -0.25) is 0 Å². The summed E-state index contributed by atoms with van der Waals surface area (Å²) in [6.45, 7) is 19.3. The molecule has 0 bridgehead atoms. The van der Waals surface area contributed by atoms with E-state index in [9.17, 15) is 0 Å². The van der Waals surface area contributed by atoms with Crippen molar-refractivity contribution in [3.8, 4) is 0 Å². The van der Waals surface area contributed by atoms with Crippen LogP contribution in [0.3, 0.4) is 0 Å². The summed E-state index contributed by atoms with van der Waals surface area (Å²) in [6.07, 6.45) is 0. The molecule has 0 aromatic heterocycles. The minimum absolute atomic E-state index is 0.774. The van der Waals surface area contributed by atoms with Crippen molar-refractivity contribution in [2.24, 2.45) is 0 Å². The molecule has 0 amide bonds. The van der Waals surface area contributed by atoms with Crippen molar-refractivity contribution in [3.05, 3.63) is 129 Å². The predicted octanol–water partition coefficient (Wildman–Crippen LogP) is 10.6. The van der Waals surface area contributed by atoms with Crippen molar-refractivity contribution in [3.63, 3.8) is 0 Å². The minimum Gasteiger partial charge on any atom is -0.321 e. The molecule has 2 heterocycles. The van der Waals surface area contributed by atoms with E-state index in [2.05, 4.69) is 160 Å². The van der Waals surface area contributed by atoms with Crippen LogP contribution in [0.25, 0.3) is 0 Å². The smallest absolute Gasteiger partial charge is 0.100 e. The van der Waals surface area contributed by atoms with Gasteiger partial charge < -0.3 is 19.6 Å². The first kappa shape index (κ1) is 28.1. The van der Waals surface area contributed by atoms with E-state index in [1.54, 1.807) is 0 Å². The minimum atomic E-state index is 0.774. The normalized spacial score (nSPS) is 14.0. The Balaban J connectivity index is 1.30. The average Bonchev–Trinajstić information content (AvgIpc) is 3.51. The Morgan fingerprint density at radius 3 is 1.23 bits per heavy atom. The van der Waals surface area contributed by atoms with Crippen LogP contribution in [0.4, 0.5) is 45.5 Å². The lowest BCUT2D eigenvalue weighted by Gasteiger charge is -2.27. The largest absolute Gasteiger partial charge is 0.321 e. The van der Waals surface area contributed by atoms with Gasteiger partial charge in [-0.15, -0.1) is 0 Å². The Bertz CT molecular complexity index is 1890. The van der Waals surface area contributed by atoms with Crippen LogP contribution in [0.5, 0.6) is 0 Å². The van der Waals surface area contributed by atoms with E-state index in [1.165, 1.54) is 90.0 Å². The molecule has 0 radical (unpaired) electrons. The molecule has 0 spiro atoms. The molecule has 5 aromatic carbocycles. The van der Waals surface area contributed by atoms with Gasteiger partial charge in [-0.2, -0.15) is 0 Å². The highest BCUT2D eigenvalue weighted by Crippen LogP contribution is 2.49. The molecule has 0 N–H and O–H groups in total. The lowest BCUT2D eigenvalue weighted by atomic mass is 10.0. The Hall–Kier alpha value is -4.70. The van der Waals surface area contributed by atoms with E-state index in [1.807, 2.05) is 0 Å². The molecule has 0 saturated heterocycles. The molecule has 222 valence electrons. The standard InChI is InChI=1S/C40H42N4/c1-25-16-29(5)39(30(6)17-25)43-23-41(35-14-9-10-15-36(35)43)33-12-11-13-34(22-33)42-24-44(38-21-28(4)27(3)20-37(38)42)40-31(7)18-26(2)19-32(40)8/h9-22H,23-24H2,1-8H3. The SMILES string of the molecule is Cc1cc(C)c(N2CN(c3cccc(N4CN(c5c(C)cc(C)cc5C)c5cc(C)c(C)cc54)c3)c3ccccc32)c(C)c1. The van der Waals surface area contributed by atoms with Crippen LogP contribution in [0.1, 0.15) is 44.5 Å². The van der Waals surface area contributed by atoms with Gasteiger partial charge in [0.1, 0.15) is 13.3 Å². The van der Waals surface area contributed by atoms with Gasteiger partial charge in [-0.1, -0.05) is 53.6 Å². The van der Waals surface area contributed by atoms with Crippen LogP contribution in [0.15, 0.2) is 84.9 Å². The summed E-state index contributed by atoms with van der Waals surface area (Å²) in [5.74, 6) is 0. The molecular weight excluding hydrogens is 536 g/mol. The van der Waals surface area contributed by atoms with E-state index in [0.29, 0.717) is 0 Å². The number of nitrogens with zero attached hydrogens (tertiary/aromatic N) is 4. The van der Waals surface area contributed by atoms with E-state index < -0.39 is 0 Å². The van der Waals surface area contributed by atoms with Gasteiger partial charge >= 0.3 is 0 Å². The molecule has 2 aliphatic heterocycles. The van der Waals surface area contributed by atoms with Crippen LogP contribution in [0, 0.1) is 55.4 Å². The van der Waals surface area contributed by atoms with Gasteiger partial charge in [-0.05, 0) is 131 Å². The number of anilines is 8. The number of rotatable bonds is 4. The summed E-state index contributed by atoms with van der Waals surface area (Å²) >= 11 is 0. The van der Waals surface area contributed by atoms with Crippen molar-refractivity contribution >= 4 is 45.5 Å². The summed E-state index contributed by atoms with van der Waals surface area (Å²) in [4.78, 5) is 9.93. The third-order valence-electron chi connectivity index (χ3n) is 9.47. The van der Waals surface area contributed by atoms with E-state index in [4.69, 9.17) is 0 Å². The summed E-state index contributed by atoms with van der Waals surface area (Å²) in [5, 5.41) is 0. The molecule has 4 heteroatoms. The number of hydrogen-bond acceptors (Lipinski definition) is 4. The van der Waals surface area contributed by atoms with Crippen molar-refractivity contribution < 1.29 is 0 Å². The number of aryl methyl sites for hydroxylation is 8. The second-order valence-corrected chi connectivity index (χ2v) is 12.9. The van der Waals surface area contributed by atoms with Crippen molar-refractivity contribution in [2.75, 3.05) is 32.9 Å². The van der Waals surface area contributed by atoms with Gasteiger partial charge in [0.25, 0.3) is 0 Å². The maximum Gasteiger partial charge on any atom is 0.100 e. The van der Waals surface area contributed by atoms with Gasteiger partial charge in [0, 0.05) is 22.7 Å². The van der Waals surface area contributed by atoms with Crippen LogP contribution in [-0.4, -0.2) is 13.3 Å². The van der Waals surface area contributed by atoms with Crippen molar-refractivity contribution in [2.45, 2.75) is 55.4 Å². The summed E-state index contributed by atoms with van der Waals surface area (Å²) in [7, 11) is 0. The highest BCUT2D eigenvalue weighted by molar-refractivity contribution is 5.92.